The summed E-state index contributed by atoms with van der Waals surface area (Å²) in [4.78, 5) is 13.8. The lowest BCUT2D eigenvalue weighted by Gasteiger charge is -2.16. The lowest BCUT2D eigenvalue weighted by atomic mass is 10.2. The van der Waals surface area contributed by atoms with Crippen LogP contribution in [0.4, 0.5) is 4.39 Å². The predicted molar refractivity (Wildman–Crippen MR) is 75.8 cm³/mol. The molecular weight excluding hydrogens is 315 g/mol. The van der Waals surface area contributed by atoms with Crippen LogP contribution in [0.15, 0.2) is 22.7 Å². The highest BCUT2D eigenvalue weighted by Gasteiger charge is 2.08. The summed E-state index contributed by atoms with van der Waals surface area (Å²) in [7, 11) is 3.60. The number of nitrogens with zero attached hydrogens (tertiary/aromatic N) is 1. The number of ether oxygens (including phenoxy) is 1. The maximum atomic E-state index is 13.3. The largest absolute Gasteiger partial charge is 0.383 e. The Bertz CT molecular complexity index is 429. The van der Waals surface area contributed by atoms with Crippen LogP contribution in [0.1, 0.15) is 10.4 Å². The van der Waals surface area contributed by atoms with E-state index in [1.165, 1.54) is 12.1 Å². The third-order valence-corrected chi connectivity index (χ3v) is 3.28. The van der Waals surface area contributed by atoms with Gasteiger partial charge < -0.3 is 15.0 Å². The summed E-state index contributed by atoms with van der Waals surface area (Å²) in [5.41, 5.74) is 0.320. The van der Waals surface area contributed by atoms with Gasteiger partial charge in [-0.2, -0.15) is 0 Å². The quantitative estimate of drug-likeness (QED) is 0.829. The standard InChI is InChI=1S/C13H18BrFN2O2/c1-17(7-8-19-2)6-5-16-13(18)10-3-4-11(14)12(15)9-10/h3-4,9H,5-8H2,1-2H3,(H,16,18). The van der Waals surface area contributed by atoms with Gasteiger partial charge in [0.15, 0.2) is 0 Å². The molecule has 0 atom stereocenters. The molecule has 1 aromatic carbocycles. The summed E-state index contributed by atoms with van der Waals surface area (Å²) < 4.78 is 18.6. The molecule has 106 valence electrons. The molecule has 0 heterocycles. The SMILES string of the molecule is COCCN(C)CCNC(=O)c1ccc(Br)c(F)c1. The number of rotatable bonds is 7. The van der Waals surface area contributed by atoms with Gasteiger partial charge in [-0.3, -0.25) is 4.79 Å². The van der Waals surface area contributed by atoms with Crippen LogP contribution in [0.5, 0.6) is 0 Å². The molecule has 0 saturated heterocycles. The van der Waals surface area contributed by atoms with Gasteiger partial charge in [0.25, 0.3) is 5.91 Å². The van der Waals surface area contributed by atoms with Gasteiger partial charge in [-0.1, -0.05) is 0 Å². The number of hydrogen-bond donors (Lipinski definition) is 1. The highest BCUT2D eigenvalue weighted by Crippen LogP contribution is 2.16. The van der Waals surface area contributed by atoms with Crippen molar-refractivity contribution < 1.29 is 13.9 Å². The van der Waals surface area contributed by atoms with Crippen LogP contribution in [0, 0.1) is 5.82 Å². The minimum Gasteiger partial charge on any atom is -0.383 e. The second-order valence-electron chi connectivity index (χ2n) is 4.18. The van der Waals surface area contributed by atoms with E-state index in [1.807, 2.05) is 11.9 Å². The van der Waals surface area contributed by atoms with Crippen molar-refractivity contribution in [3.8, 4) is 0 Å². The number of hydrogen-bond acceptors (Lipinski definition) is 3. The molecule has 0 fully saturated rings. The first-order chi connectivity index (χ1) is 9.04. The summed E-state index contributed by atoms with van der Waals surface area (Å²) >= 11 is 3.05. The summed E-state index contributed by atoms with van der Waals surface area (Å²) in [6, 6.07) is 4.32. The third kappa shape index (κ3) is 5.67. The van der Waals surface area contributed by atoms with Crippen molar-refractivity contribution in [3.63, 3.8) is 0 Å². The van der Waals surface area contributed by atoms with Crippen molar-refractivity contribution in [2.75, 3.05) is 40.4 Å². The number of benzene rings is 1. The second-order valence-corrected chi connectivity index (χ2v) is 5.04. The van der Waals surface area contributed by atoms with Gasteiger partial charge in [-0.15, -0.1) is 0 Å². The van der Waals surface area contributed by atoms with Crippen molar-refractivity contribution in [3.05, 3.63) is 34.1 Å². The van der Waals surface area contributed by atoms with E-state index in [0.29, 0.717) is 29.7 Å². The summed E-state index contributed by atoms with van der Waals surface area (Å²) in [6.07, 6.45) is 0. The molecule has 0 unspecified atom stereocenters. The zero-order valence-corrected chi connectivity index (χ0v) is 12.7. The lowest BCUT2D eigenvalue weighted by molar-refractivity contribution is 0.0947. The number of methoxy groups -OCH3 is 1. The smallest absolute Gasteiger partial charge is 0.251 e. The molecular formula is C13H18BrFN2O2. The molecule has 6 heteroatoms. The molecule has 0 saturated carbocycles. The van der Waals surface area contributed by atoms with Crippen LogP contribution in [0.3, 0.4) is 0 Å². The minimum atomic E-state index is -0.440. The van der Waals surface area contributed by atoms with E-state index >= 15 is 0 Å². The van der Waals surface area contributed by atoms with Crippen LogP contribution < -0.4 is 5.32 Å². The van der Waals surface area contributed by atoms with Gasteiger partial charge in [0.1, 0.15) is 5.82 Å². The first-order valence-corrected chi connectivity index (χ1v) is 6.74. The van der Waals surface area contributed by atoms with Gasteiger partial charge in [0.05, 0.1) is 11.1 Å². The van der Waals surface area contributed by atoms with E-state index in [2.05, 4.69) is 21.2 Å². The fourth-order valence-electron chi connectivity index (χ4n) is 1.46. The Morgan fingerprint density at radius 2 is 2.21 bits per heavy atom. The molecule has 1 amide bonds. The van der Waals surface area contributed by atoms with Gasteiger partial charge in [0, 0.05) is 32.3 Å². The number of likely N-dealkylation sites (N-methyl/N-ethyl adjacent to an activating group) is 1. The van der Waals surface area contributed by atoms with E-state index in [9.17, 15) is 9.18 Å². The second kappa shape index (κ2) is 8.24. The summed E-state index contributed by atoms with van der Waals surface area (Å²) in [5.74, 6) is -0.712. The molecule has 0 aliphatic carbocycles. The Balaban J connectivity index is 2.37. The predicted octanol–water partition coefficient (Wildman–Crippen LogP) is 1.90. The average molecular weight is 333 g/mol. The highest BCUT2D eigenvalue weighted by atomic mass is 79.9. The average Bonchev–Trinajstić information content (AvgIpc) is 2.39. The Labute approximate surface area is 121 Å². The van der Waals surface area contributed by atoms with E-state index < -0.39 is 5.82 Å². The Morgan fingerprint density at radius 1 is 1.47 bits per heavy atom. The van der Waals surface area contributed by atoms with E-state index in [1.54, 1.807) is 13.2 Å². The topological polar surface area (TPSA) is 41.6 Å². The van der Waals surface area contributed by atoms with Crippen molar-refractivity contribution in [2.45, 2.75) is 0 Å². The van der Waals surface area contributed by atoms with Gasteiger partial charge in [0.2, 0.25) is 0 Å². The molecule has 0 radical (unpaired) electrons. The monoisotopic (exact) mass is 332 g/mol. The van der Waals surface area contributed by atoms with E-state index in [4.69, 9.17) is 4.74 Å². The zero-order valence-electron chi connectivity index (χ0n) is 11.1. The maximum absolute atomic E-state index is 13.3. The Kier molecular flexibility index (Phi) is 6.97. The number of nitrogens with one attached hydrogen (secondary N) is 1. The van der Waals surface area contributed by atoms with Crippen LogP contribution in [-0.4, -0.2) is 51.2 Å². The number of halogens is 2. The third-order valence-electron chi connectivity index (χ3n) is 2.64. The molecule has 1 N–H and O–H groups in total. The van der Waals surface area contributed by atoms with Gasteiger partial charge >= 0.3 is 0 Å². The Morgan fingerprint density at radius 3 is 2.84 bits per heavy atom. The highest BCUT2D eigenvalue weighted by molar-refractivity contribution is 9.10. The molecule has 1 rings (SSSR count). The van der Waals surface area contributed by atoms with Crippen molar-refractivity contribution in [1.29, 1.82) is 0 Å². The van der Waals surface area contributed by atoms with Crippen LogP contribution in [0.25, 0.3) is 0 Å². The normalized spacial score (nSPS) is 10.8. The van der Waals surface area contributed by atoms with Gasteiger partial charge in [-0.25, -0.2) is 4.39 Å². The van der Waals surface area contributed by atoms with Crippen molar-refractivity contribution in [1.82, 2.24) is 10.2 Å². The molecule has 1 aromatic rings. The number of carbonyl (C=O) groups excluding carboxylic acids is 1. The van der Waals surface area contributed by atoms with E-state index in [0.717, 1.165) is 6.54 Å². The fraction of sp³-hybridized carbons (Fsp3) is 0.462. The lowest BCUT2D eigenvalue weighted by Crippen LogP contribution is -2.34. The first-order valence-electron chi connectivity index (χ1n) is 5.95. The zero-order chi connectivity index (χ0) is 14.3. The van der Waals surface area contributed by atoms with Crippen LogP contribution in [-0.2, 0) is 4.74 Å². The summed E-state index contributed by atoms with van der Waals surface area (Å²) in [6.45, 7) is 2.69. The molecule has 0 bridgehead atoms. The molecule has 0 aliphatic heterocycles. The minimum absolute atomic E-state index is 0.272. The molecule has 19 heavy (non-hydrogen) atoms. The molecule has 0 aliphatic rings. The molecule has 4 nitrogen and oxygen atoms in total. The number of amides is 1. The summed E-state index contributed by atoms with van der Waals surface area (Å²) in [5, 5.41) is 2.75. The Hall–Kier alpha value is -0.980. The van der Waals surface area contributed by atoms with Crippen LogP contribution in [0.2, 0.25) is 0 Å². The molecule has 0 spiro atoms. The van der Waals surface area contributed by atoms with E-state index in [-0.39, 0.29) is 5.91 Å². The van der Waals surface area contributed by atoms with Crippen molar-refractivity contribution in [2.24, 2.45) is 0 Å². The number of carbonyl (C=O) groups is 1. The van der Waals surface area contributed by atoms with Gasteiger partial charge in [-0.05, 0) is 41.2 Å². The maximum Gasteiger partial charge on any atom is 0.251 e. The fourth-order valence-corrected chi connectivity index (χ4v) is 1.71. The first kappa shape index (κ1) is 16.1. The van der Waals surface area contributed by atoms with Crippen molar-refractivity contribution >= 4 is 21.8 Å². The van der Waals surface area contributed by atoms with Crippen LogP contribution >= 0.6 is 15.9 Å². The molecule has 0 aromatic heterocycles.